The average Bonchev–Trinajstić information content (AvgIpc) is 3.09. The third kappa shape index (κ3) is 4.64. The first-order valence-electron chi connectivity index (χ1n) is 11.5. The van der Waals surface area contributed by atoms with Crippen molar-refractivity contribution in [2.45, 2.75) is 53.6 Å². The first-order valence-corrected chi connectivity index (χ1v) is 11.9. The van der Waals surface area contributed by atoms with Gasteiger partial charge in [-0.1, -0.05) is 48.9 Å². The Labute approximate surface area is 204 Å². The van der Waals surface area contributed by atoms with Crippen molar-refractivity contribution < 1.29 is 4.79 Å². The molecule has 4 aromatic rings. The molecule has 1 amide bonds. The van der Waals surface area contributed by atoms with Crippen LogP contribution in [0.15, 0.2) is 53.6 Å². The van der Waals surface area contributed by atoms with Crippen molar-refractivity contribution in [2.24, 2.45) is 0 Å². The molecule has 0 saturated heterocycles. The fourth-order valence-corrected chi connectivity index (χ4v) is 4.33. The number of aromatic nitrogens is 3. The van der Waals surface area contributed by atoms with E-state index in [1.54, 1.807) is 0 Å². The second kappa shape index (κ2) is 9.85. The van der Waals surface area contributed by atoms with Crippen LogP contribution < -0.4 is 10.9 Å². The van der Waals surface area contributed by atoms with Gasteiger partial charge in [0, 0.05) is 30.2 Å². The highest BCUT2D eigenvalue weighted by atomic mass is 35.5. The van der Waals surface area contributed by atoms with Crippen LogP contribution in [0.25, 0.3) is 16.7 Å². The summed E-state index contributed by atoms with van der Waals surface area (Å²) in [5.41, 5.74) is 6.52. The fourth-order valence-electron chi connectivity index (χ4n) is 4.17. The third-order valence-electron chi connectivity index (χ3n) is 6.40. The molecule has 6 nitrogen and oxygen atoms in total. The Kier molecular flexibility index (Phi) is 6.89. The Morgan fingerprint density at radius 2 is 1.76 bits per heavy atom. The van der Waals surface area contributed by atoms with E-state index >= 15 is 0 Å². The van der Waals surface area contributed by atoms with Gasteiger partial charge in [0.2, 0.25) is 5.91 Å². The van der Waals surface area contributed by atoms with E-state index in [9.17, 15) is 9.59 Å². The van der Waals surface area contributed by atoms with E-state index in [0.717, 1.165) is 34.5 Å². The lowest BCUT2D eigenvalue weighted by Crippen LogP contribution is -2.27. The summed E-state index contributed by atoms with van der Waals surface area (Å²) in [7, 11) is 0. The SMILES string of the molecule is CCc1ccc(CNC(=O)CCn2cnc3c(c(C)c(C)n3-c3cc(Cl)ccc3C)c2=O)cc1. The molecule has 0 aliphatic rings. The van der Waals surface area contributed by atoms with Gasteiger partial charge < -0.3 is 5.32 Å². The number of carbonyl (C=O) groups is 1. The molecule has 4 rings (SSSR count). The highest BCUT2D eigenvalue weighted by Crippen LogP contribution is 2.28. The van der Waals surface area contributed by atoms with Crippen LogP contribution in [-0.2, 0) is 24.3 Å². The van der Waals surface area contributed by atoms with Gasteiger partial charge in [-0.15, -0.1) is 0 Å². The number of carbonyl (C=O) groups excluding carboxylic acids is 1. The molecule has 0 fully saturated rings. The minimum Gasteiger partial charge on any atom is -0.352 e. The van der Waals surface area contributed by atoms with Gasteiger partial charge in [0.1, 0.15) is 0 Å². The summed E-state index contributed by atoms with van der Waals surface area (Å²) in [4.78, 5) is 30.3. The van der Waals surface area contributed by atoms with E-state index in [0.29, 0.717) is 22.6 Å². The normalized spacial score (nSPS) is 11.2. The molecular formula is C27H29ClN4O2. The number of nitrogens with zero attached hydrogens (tertiary/aromatic N) is 3. The second-order valence-corrected chi connectivity index (χ2v) is 9.05. The van der Waals surface area contributed by atoms with Crippen molar-refractivity contribution in [3.8, 4) is 5.69 Å². The van der Waals surface area contributed by atoms with Gasteiger partial charge in [0.25, 0.3) is 5.56 Å². The number of rotatable bonds is 7. The van der Waals surface area contributed by atoms with Crippen LogP contribution in [-0.4, -0.2) is 20.0 Å². The standard InChI is InChI=1S/C27H29ClN4O2/c1-5-20-7-9-21(10-8-20)15-29-24(33)12-13-31-16-30-26-25(27(31)34)18(3)19(4)32(26)23-14-22(28)11-6-17(23)2/h6-11,14,16H,5,12-13,15H2,1-4H3,(H,29,33). The summed E-state index contributed by atoms with van der Waals surface area (Å²) in [5.74, 6) is -0.105. The fraction of sp³-hybridized carbons (Fsp3) is 0.296. The van der Waals surface area contributed by atoms with Crippen LogP contribution in [0.3, 0.4) is 0 Å². The van der Waals surface area contributed by atoms with Gasteiger partial charge in [-0.2, -0.15) is 0 Å². The van der Waals surface area contributed by atoms with Crippen LogP contribution >= 0.6 is 11.6 Å². The van der Waals surface area contributed by atoms with Gasteiger partial charge in [0.05, 0.1) is 17.4 Å². The summed E-state index contributed by atoms with van der Waals surface area (Å²) in [5, 5.41) is 4.12. The molecule has 0 atom stereocenters. The molecule has 2 heterocycles. The van der Waals surface area contributed by atoms with Gasteiger partial charge in [-0.25, -0.2) is 4.98 Å². The Morgan fingerprint density at radius 3 is 2.47 bits per heavy atom. The second-order valence-electron chi connectivity index (χ2n) is 8.62. The maximum atomic E-state index is 13.3. The molecule has 176 valence electrons. The molecule has 0 aliphatic carbocycles. The molecule has 7 heteroatoms. The van der Waals surface area contributed by atoms with E-state index < -0.39 is 0 Å². The minimum absolute atomic E-state index is 0.105. The minimum atomic E-state index is -0.146. The van der Waals surface area contributed by atoms with E-state index in [4.69, 9.17) is 11.6 Å². The molecule has 0 unspecified atom stereocenters. The molecule has 2 aromatic heterocycles. The van der Waals surface area contributed by atoms with Crippen molar-refractivity contribution in [1.29, 1.82) is 0 Å². The van der Waals surface area contributed by atoms with Crippen molar-refractivity contribution in [3.63, 3.8) is 0 Å². The summed E-state index contributed by atoms with van der Waals surface area (Å²) in [6.45, 7) is 8.75. The van der Waals surface area contributed by atoms with Gasteiger partial charge in [-0.05, 0) is 61.6 Å². The summed E-state index contributed by atoms with van der Waals surface area (Å²) >= 11 is 6.25. The molecular weight excluding hydrogens is 448 g/mol. The predicted molar refractivity (Wildman–Crippen MR) is 137 cm³/mol. The number of fused-ring (bicyclic) bond motifs is 1. The van der Waals surface area contributed by atoms with E-state index in [-0.39, 0.29) is 24.4 Å². The summed E-state index contributed by atoms with van der Waals surface area (Å²) < 4.78 is 3.49. The first kappa shape index (κ1) is 23.8. The molecule has 1 N–H and O–H groups in total. The number of halogens is 1. The van der Waals surface area contributed by atoms with Crippen molar-refractivity contribution in [1.82, 2.24) is 19.4 Å². The van der Waals surface area contributed by atoms with E-state index in [1.165, 1.54) is 16.5 Å². The zero-order chi connectivity index (χ0) is 24.4. The predicted octanol–water partition coefficient (Wildman–Crippen LogP) is 5.03. The maximum Gasteiger partial charge on any atom is 0.263 e. The van der Waals surface area contributed by atoms with Crippen LogP contribution in [0, 0.1) is 20.8 Å². The maximum absolute atomic E-state index is 13.3. The lowest BCUT2D eigenvalue weighted by molar-refractivity contribution is -0.121. The topological polar surface area (TPSA) is 68.9 Å². The van der Waals surface area contributed by atoms with Gasteiger partial charge >= 0.3 is 0 Å². The molecule has 0 bridgehead atoms. The summed E-state index contributed by atoms with van der Waals surface area (Å²) in [6, 6.07) is 13.9. The molecule has 0 spiro atoms. The molecule has 34 heavy (non-hydrogen) atoms. The lowest BCUT2D eigenvalue weighted by Gasteiger charge is -2.12. The number of hydrogen-bond acceptors (Lipinski definition) is 3. The lowest BCUT2D eigenvalue weighted by atomic mass is 10.1. The molecule has 0 aliphatic heterocycles. The third-order valence-corrected chi connectivity index (χ3v) is 6.63. The number of nitrogens with one attached hydrogen (secondary N) is 1. The number of benzene rings is 2. The largest absolute Gasteiger partial charge is 0.352 e. The average molecular weight is 477 g/mol. The Bertz CT molecular complexity index is 1420. The molecule has 0 saturated carbocycles. The van der Waals surface area contributed by atoms with Crippen molar-refractivity contribution in [3.05, 3.63) is 92.1 Å². The number of hydrogen-bond donors (Lipinski definition) is 1. The molecule has 0 radical (unpaired) electrons. The number of amides is 1. The smallest absolute Gasteiger partial charge is 0.263 e. The van der Waals surface area contributed by atoms with Crippen LogP contribution in [0.5, 0.6) is 0 Å². The Morgan fingerprint density at radius 1 is 1.06 bits per heavy atom. The summed E-state index contributed by atoms with van der Waals surface area (Å²) in [6.07, 6.45) is 2.71. The van der Waals surface area contributed by atoms with Crippen molar-refractivity contribution >= 4 is 28.5 Å². The quantitative estimate of drug-likeness (QED) is 0.406. The Balaban J connectivity index is 1.53. The van der Waals surface area contributed by atoms with E-state index in [2.05, 4.69) is 29.4 Å². The van der Waals surface area contributed by atoms with Crippen LogP contribution in [0.4, 0.5) is 0 Å². The first-order chi connectivity index (χ1) is 16.3. The highest BCUT2D eigenvalue weighted by Gasteiger charge is 2.19. The van der Waals surface area contributed by atoms with Gasteiger partial charge in [0.15, 0.2) is 5.65 Å². The van der Waals surface area contributed by atoms with Crippen LogP contribution in [0.2, 0.25) is 5.02 Å². The molecule has 2 aromatic carbocycles. The van der Waals surface area contributed by atoms with Crippen molar-refractivity contribution in [2.75, 3.05) is 0 Å². The van der Waals surface area contributed by atoms with E-state index in [1.807, 2.05) is 55.7 Å². The Hall–Kier alpha value is -3.38. The van der Waals surface area contributed by atoms with Gasteiger partial charge in [-0.3, -0.25) is 18.7 Å². The monoisotopic (exact) mass is 476 g/mol. The number of aryl methyl sites for hydroxylation is 4. The highest BCUT2D eigenvalue weighted by molar-refractivity contribution is 6.30. The van der Waals surface area contributed by atoms with Crippen LogP contribution in [0.1, 0.15) is 41.3 Å². The zero-order valence-corrected chi connectivity index (χ0v) is 20.7. The zero-order valence-electron chi connectivity index (χ0n) is 20.0.